The zero-order chi connectivity index (χ0) is 19.0. The zero-order valence-corrected chi connectivity index (χ0v) is 19.9. The molecule has 0 aliphatic carbocycles. The maximum atomic E-state index is 11.6. The Labute approximate surface area is 187 Å². The van der Waals surface area contributed by atoms with Crippen LogP contribution in [0.15, 0.2) is 35.2 Å². The number of unbranched alkanes of at least 4 members (excludes halogenated alkanes) is 6. The van der Waals surface area contributed by atoms with Gasteiger partial charge < -0.3 is 4.55 Å². The summed E-state index contributed by atoms with van der Waals surface area (Å²) in [7, 11) is -4.46. The number of fused-ring (bicyclic) bond motifs is 1. The van der Waals surface area contributed by atoms with Crippen molar-refractivity contribution < 1.29 is 42.5 Å². The van der Waals surface area contributed by atoms with Crippen molar-refractivity contribution in [3.63, 3.8) is 0 Å². The maximum Gasteiger partial charge on any atom is 1.00 e. The van der Waals surface area contributed by atoms with Crippen LogP contribution >= 0.6 is 0 Å². The topological polar surface area (TPSA) is 57.2 Å². The summed E-state index contributed by atoms with van der Waals surface area (Å²) in [5, 5.41) is 1.51. The van der Waals surface area contributed by atoms with Gasteiger partial charge >= 0.3 is 29.6 Å². The summed E-state index contributed by atoms with van der Waals surface area (Å²) in [5.74, 6) is 0. The minimum Gasteiger partial charge on any atom is -0.744 e. The molecule has 0 N–H and O–H groups in total. The summed E-state index contributed by atoms with van der Waals surface area (Å²) in [6.07, 6.45) is 11.4. The molecule has 0 atom stereocenters. The second kappa shape index (κ2) is 12.2. The van der Waals surface area contributed by atoms with Crippen molar-refractivity contribution in [3.8, 4) is 0 Å². The van der Waals surface area contributed by atoms with E-state index in [0.29, 0.717) is 5.39 Å². The Morgan fingerprint density at radius 1 is 0.778 bits per heavy atom. The van der Waals surface area contributed by atoms with E-state index in [1.54, 1.807) is 0 Å². The van der Waals surface area contributed by atoms with Crippen LogP contribution in [0.5, 0.6) is 0 Å². The average molecular weight is 399 g/mol. The van der Waals surface area contributed by atoms with Crippen LogP contribution in [-0.2, 0) is 23.0 Å². The minimum atomic E-state index is -4.46. The van der Waals surface area contributed by atoms with E-state index in [-0.39, 0.29) is 34.5 Å². The van der Waals surface area contributed by atoms with Crippen molar-refractivity contribution in [2.45, 2.75) is 83.0 Å². The van der Waals surface area contributed by atoms with E-state index in [9.17, 15) is 13.0 Å². The number of benzene rings is 2. The van der Waals surface area contributed by atoms with Crippen LogP contribution in [0, 0.1) is 0 Å². The summed E-state index contributed by atoms with van der Waals surface area (Å²) in [6, 6.07) is 9.22. The molecule has 3 nitrogen and oxygen atoms in total. The molecule has 0 aliphatic heterocycles. The van der Waals surface area contributed by atoms with Gasteiger partial charge in [-0.05, 0) is 53.6 Å². The van der Waals surface area contributed by atoms with Crippen LogP contribution in [0.1, 0.15) is 76.3 Å². The molecule has 0 fully saturated rings. The Balaban J connectivity index is 0.00000364. The molecule has 0 aliphatic rings. The first kappa shape index (κ1) is 24.6. The summed E-state index contributed by atoms with van der Waals surface area (Å²) in [6.45, 7) is 4.39. The third-order valence-electron chi connectivity index (χ3n) is 5.02. The third-order valence-corrected chi connectivity index (χ3v) is 5.91. The van der Waals surface area contributed by atoms with Gasteiger partial charge in [0.1, 0.15) is 10.1 Å². The van der Waals surface area contributed by atoms with E-state index in [1.165, 1.54) is 50.2 Å². The smallest absolute Gasteiger partial charge is 0.744 e. The Kier molecular flexibility index (Phi) is 11.2. The van der Waals surface area contributed by atoms with Gasteiger partial charge in [0, 0.05) is 0 Å². The molecular weight excluding hydrogens is 367 g/mol. The molecular formula is C22H31NaO3S. The molecule has 144 valence electrons. The number of hydrogen-bond acceptors (Lipinski definition) is 3. The summed E-state index contributed by atoms with van der Waals surface area (Å²) in [5.41, 5.74) is 2.38. The van der Waals surface area contributed by atoms with Crippen molar-refractivity contribution in [1.29, 1.82) is 0 Å². The normalized spacial score (nSPS) is 11.5. The van der Waals surface area contributed by atoms with Crippen molar-refractivity contribution in [2.24, 2.45) is 0 Å². The number of hydrogen-bond donors (Lipinski definition) is 0. The first-order valence-electron chi connectivity index (χ1n) is 9.97. The number of rotatable bonds is 11. The summed E-state index contributed by atoms with van der Waals surface area (Å²) < 4.78 is 34.9. The molecule has 0 saturated heterocycles. The van der Waals surface area contributed by atoms with Crippen molar-refractivity contribution in [2.75, 3.05) is 0 Å². The maximum absolute atomic E-state index is 11.6. The summed E-state index contributed by atoms with van der Waals surface area (Å²) >= 11 is 0. The Morgan fingerprint density at radius 3 is 2.00 bits per heavy atom. The quantitative estimate of drug-likeness (QED) is 0.332. The van der Waals surface area contributed by atoms with E-state index < -0.39 is 10.1 Å². The standard InChI is InChI=1S/C22H32O3S.Na/c1-3-5-7-9-11-18-13-15-20-21(17-18)19(12-10-8-6-4-2)14-16-22(20)26(23,24)25;/h13-17H,3-12H2,1-2H3,(H,23,24,25);/q;+1/p-1. The molecule has 0 heterocycles. The van der Waals surface area contributed by atoms with Crippen LogP contribution in [0.3, 0.4) is 0 Å². The Hall–Kier alpha value is -0.390. The molecule has 5 heteroatoms. The molecule has 27 heavy (non-hydrogen) atoms. The molecule has 2 aromatic carbocycles. The van der Waals surface area contributed by atoms with Gasteiger partial charge in [-0.15, -0.1) is 0 Å². The van der Waals surface area contributed by atoms with E-state index in [2.05, 4.69) is 19.9 Å². The van der Waals surface area contributed by atoms with E-state index in [0.717, 1.165) is 36.6 Å². The van der Waals surface area contributed by atoms with Crippen LogP contribution < -0.4 is 29.6 Å². The number of aryl methyl sites for hydroxylation is 2. The molecule has 2 rings (SSSR count). The van der Waals surface area contributed by atoms with Gasteiger partial charge in [0.15, 0.2) is 0 Å². The molecule has 0 amide bonds. The molecule has 0 spiro atoms. The van der Waals surface area contributed by atoms with Crippen LogP contribution in [-0.4, -0.2) is 13.0 Å². The first-order valence-corrected chi connectivity index (χ1v) is 11.4. The fraction of sp³-hybridized carbons (Fsp3) is 0.545. The third kappa shape index (κ3) is 7.51. The zero-order valence-electron chi connectivity index (χ0n) is 17.1. The second-order valence-electron chi connectivity index (χ2n) is 7.18. The second-order valence-corrected chi connectivity index (χ2v) is 8.53. The molecule has 0 unspecified atom stereocenters. The van der Waals surface area contributed by atoms with E-state index >= 15 is 0 Å². The fourth-order valence-corrected chi connectivity index (χ4v) is 4.20. The van der Waals surface area contributed by atoms with Gasteiger partial charge in [-0.3, -0.25) is 0 Å². The average Bonchev–Trinajstić information content (AvgIpc) is 2.61. The molecule has 0 radical (unpaired) electrons. The summed E-state index contributed by atoms with van der Waals surface area (Å²) in [4.78, 5) is -0.0951. The van der Waals surface area contributed by atoms with Gasteiger partial charge in [-0.2, -0.15) is 0 Å². The van der Waals surface area contributed by atoms with Crippen molar-refractivity contribution in [3.05, 3.63) is 41.5 Å². The van der Waals surface area contributed by atoms with E-state index in [1.807, 2.05) is 18.2 Å². The van der Waals surface area contributed by atoms with Gasteiger partial charge in [0.2, 0.25) is 0 Å². The Bertz CT molecular complexity index is 816. The van der Waals surface area contributed by atoms with Crippen LogP contribution in [0.4, 0.5) is 0 Å². The van der Waals surface area contributed by atoms with Gasteiger partial charge in [0.25, 0.3) is 0 Å². The molecule has 0 saturated carbocycles. The van der Waals surface area contributed by atoms with Crippen molar-refractivity contribution >= 4 is 20.9 Å². The first-order chi connectivity index (χ1) is 12.5. The monoisotopic (exact) mass is 398 g/mol. The van der Waals surface area contributed by atoms with Crippen LogP contribution in [0.2, 0.25) is 0 Å². The molecule has 0 aromatic heterocycles. The minimum absolute atomic E-state index is 0. The van der Waals surface area contributed by atoms with Gasteiger partial charge in [0.05, 0.1) is 4.90 Å². The SMILES string of the molecule is CCCCCCc1ccc2c(S(=O)(=O)[O-])ccc(CCCCCC)c2c1.[Na+]. The molecule has 0 bridgehead atoms. The Morgan fingerprint density at radius 2 is 1.41 bits per heavy atom. The predicted octanol–water partition coefficient (Wildman–Crippen LogP) is 2.99. The fourth-order valence-electron chi connectivity index (χ4n) is 3.52. The largest absolute Gasteiger partial charge is 1.00 e. The van der Waals surface area contributed by atoms with E-state index in [4.69, 9.17) is 0 Å². The van der Waals surface area contributed by atoms with Crippen LogP contribution in [0.25, 0.3) is 10.8 Å². The predicted molar refractivity (Wildman–Crippen MR) is 108 cm³/mol. The molecule has 2 aromatic rings. The van der Waals surface area contributed by atoms with Gasteiger partial charge in [-0.1, -0.05) is 76.6 Å². The van der Waals surface area contributed by atoms with Gasteiger partial charge in [-0.25, -0.2) is 8.42 Å². The van der Waals surface area contributed by atoms with Crippen molar-refractivity contribution in [1.82, 2.24) is 0 Å².